The number of hydrogen-bond donors (Lipinski definition) is 3. The van der Waals surface area contributed by atoms with Gasteiger partial charge in [-0.1, -0.05) is 11.6 Å². The summed E-state index contributed by atoms with van der Waals surface area (Å²) in [4.78, 5) is 11.3. The Bertz CT molecular complexity index is 501. The predicted molar refractivity (Wildman–Crippen MR) is 71.2 cm³/mol. The van der Waals surface area contributed by atoms with E-state index < -0.39 is 15.9 Å². The van der Waals surface area contributed by atoms with Gasteiger partial charge in [-0.15, -0.1) is 11.3 Å². The number of nitrogens with one attached hydrogen (secondary N) is 2. The molecule has 0 aliphatic heterocycles. The van der Waals surface area contributed by atoms with Gasteiger partial charge in [0.25, 0.3) is 10.0 Å². The van der Waals surface area contributed by atoms with E-state index in [0.29, 0.717) is 23.8 Å². The number of thiophene rings is 1. The van der Waals surface area contributed by atoms with E-state index in [1.807, 2.05) is 0 Å². The number of halogens is 1. The molecule has 1 rings (SSSR count). The molecule has 0 radical (unpaired) electrons. The number of nitrogens with two attached hydrogens (primary N) is 1. The number of carbonyl (C=O) groups excluding carboxylic acids is 1. The Hall–Kier alpha value is -0.670. The van der Waals surface area contributed by atoms with Gasteiger partial charge in [0.2, 0.25) is 5.91 Å². The normalized spacial score (nSPS) is 11.4. The van der Waals surface area contributed by atoms with E-state index in [9.17, 15) is 13.2 Å². The second kappa shape index (κ2) is 7.05. The zero-order chi connectivity index (χ0) is 13.6. The zero-order valence-electron chi connectivity index (χ0n) is 9.48. The van der Waals surface area contributed by atoms with Crippen LogP contribution in [0.4, 0.5) is 0 Å². The van der Waals surface area contributed by atoms with Crippen LogP contribution < -0.4 is 15.8 Å². The summed E-state index contributed by atoms with van der Waals surface area (Å²) >= 11 is 6.58. The number of sulfonamides is 1. The highest BCUT2D eigenvalue weighted by Gasteiger charge is 2.17. The third kappa shape index (κ3) is 4.91. The highest BCUT2D eigenvalue weighted by atomic mass is 35.5. The van der Waals surface area contributed by atoms with Crippen LogP contribution in [-0.2, 0) is 14.8 Å². The van der Waals surface area contributed by atoms with Gasteiger partial charge in [-0.25, -0.2) is 13.1 Å². The molecule has 0 unspecified atom stereocenters. The number of carbonyl (C=O) groups is 1. The molecule has 1 aromatic rings. The average molecular weight is 312 g/mol. The summed E-state index contributed by atoms with van der Waals surface area (Å²) in [5.41, 5.74) is 5.26. The third-order valence-electron chi connectivity index (χ3n) is 1.94. The summed E-state index contributed by atoms with van der Waals surface area (Å²) in [5.74, 6) is -0.394. The highest BCUT2D eigenvalue weighted by molar-refractivity contribution is 7.91. The standard InChI is InChI=1S/C9H14ClN3O3S2/c10-7-2-3-9(17-7)18(15,16)13-6-8(14)12-5-1-4-11/h2-3,13H,1,4-6,11H2,(H,12,14). The molecule has 0 aliphatic rings. The molecule has 0 fully saturated rings. The molecule has 102 valence electrons. The number of rotatable bonds is 7. The maximum absolute atomic E-state index is 11.7. The van der Waals surface area contributed by atoms with E-state index in [-0.39, 0.29) is 10.8 Å². The van der Waals surface area contributed by atoms with Crippen LogP contribution >= 0.6 is 22.9 Å². The van der Waals surface area contributed by atoms with Crippen molar-refractivity contribution in [1.82, 2.24) is 10.0 Å². The fourth-order valence-electron chi connectivity index (χ4n) is 1.07. The van der Waals surface area contributed by atoms with Crippen molar-refractivity contribution >= 4 is 38.9 Å². The van der Waals surface area contributed by atoms with Crippen molar-refractivity contribution in [1.29, 1.82) is 0 Å². The Morgan fingerprint density at radius 2 is 2.17 bits per heavy atom. The summed E-state index contributed by atoms with van der Waals surface area (Å²) in [6.45, 7) is 0.601. The van der Waals surface area contributed by atoms with Crippen molar-refractivity contribution < 1.29 is 13.2 Å². The molecule has 0 aliphatic carbocycles. The quantitative estimate of drug-likeness (QED) is 0.624. The van der Waals surface area contributed by atoms with Crippen LogP contribution in [0.15, 0.2) is 16.3 Å². The topological polar surface area (TPSA) is 101 Å². The van der Waals surface area contributed by atoms with E-state index in [2.05, 4.69) is 10.0 Å². The maximum Gasteiger partial charge on any atom is 0.250 e. The molecule has 18 heavy (non-hydrogen) atoms. The molecule has 6 nitrogen and oxygen atoms in total. The first-order chi connectivity index (χ1) is 8.45. The Kier molecular flexibility index (Phi) is 6.03. The van der Waals surface area contributed by atoms with Gasteiger partial charge in [-0.2, -0.15) is 0 Å². The summed E-state index contributed by atoms with van der Waals surface area (Å²) in [5, 5.41) is 2.54. The molecule has 9 heteroatoms. The highest BCUT2D eigenvalue weighted by Crippen LogP contribution is 2.25. The minimum absolute atomic E-state index is 0.0854. The maximum atomic E-state index is 11.7. The summed E-state index contributed by atoms with van der Waals surface area (Å²) in [6.07, 6.45) is 0.652. The van der Waals surface area contributed by atoms with Gasteiger partial charge in [0.1, 0.15) is 4.21 Å². The first-order valence-electron chi connectivity index (χ1n) is 5.17. The molecule has 4 N–H and O–H groups in total. The van der Waals surface area contributed by atoms with Gasteiger partial charge in [-0.05, 0) is 25.1 Å². The monoisotopic (exact) mass is 311 g/mol. The van der Waals surface area contributed by atoms with Crippen molar-refractivity contribution in [3.05, 3.63) is 16.5 Å². The largest absolute Gasteiger partial charge is 0.355 e. The molecule has 1 heterocycles. The lowest BCUT2D eigenvalue weighted by Gasteiger charge is -2.05. The van der Waals surface area contributed by atoms with Gasteiger partial charge in [0.15, 0.2) is 0 Å². The van der Waals surface area contributed by atoms with Gasteiger partial charge in [0, 0.05) is 6.54 Å². The summed E-state index contributed by atoms with van der Waals surface area (Å²) in [6, 6.07) is 2.88. The van der Waals surface area contributed by atoms with Crippen LogP contribution in [0.5, 0.6) is 0 Å². The van der Waals surface area contributed by atoms with E-state index >= 15 is 0 Å². The summed E-state index contributed by atoms with van der Waals surface area (Å²) in [7, 11) is -3.67. The minimum atomic E-state index is -3.67. The fourth-order valence-corrected chi connectivity index (χ4v) is 3.58. The van der Waals surface area contributed by atoms with Crippen molar-refractivity contribution in [3.63, 3.8) is 0 Å². The van der Waals surface area contributed by atoms with Crippen LogP contribution in [0.1, 0.15) is 6.42 Å². The molecule has 0 bridgehead atoms. The Morgan fingerprint density at radius 1 is 1.44 bits per heavy atom. The Balaban J connectivity index is 2.45. The van der Waals surface area contributed by atoms with E-state index in [1.54, 1.807) is 0 Å². The molecule has 1 aromatic heterocycles. The van der Waals surface area contributed by atoms with Gasteiger partial charge in [-0.3, -0.25) is 4.79 Å². The molecule has 0 atom stereocenters. The zero-order valence-corrected chi connectivity index (χ0v) is 11.9. The number of hydrogen-bond acceptors (Lipinski definition) is 5. The molecule has 0 aromatic carbocycles. The SMILES string of the molecule is NCCCNC(=O)CNS(=O)(=O)c1ccc(Cl)s1. The Labute approximate surface area is 115 Å². The molecule has 0 saturated carbocycles. The molecular weight excluding hydrogens is 298 g/mol. The van der Waals surface area contributed by atoms with E-state index in [0.717, 1.165) is 11.3 Å². The molecule has 1 amide bonds. The second-order valence-corrected chi connectivity index (χ2v) is 7.08. The summed E-state index contributed by atoms with van der Waals surface area (Å²) < 4.78 is 26.1. The van der Waals surface area contributed by atoms with Crippen LogP contribution in [0.2, 0.25) is 4.34 Å². The van der Waals surface area contributed by atoms with Gasteiger partial charge < -0.3 is 11.1 Å². The van der Waals surface area contributed by atoms with Crippen molar-refractivity contribution in [2.75, 3.05) is 19.6 Å². The lowest BCUT2D eigenvalue weighted by Crippen LogP contribution is -2.37. The van der Waals surface area contributed by atoms with E-state index in [4.69, 9.17) is 17.3 Å². The fraction of sp³-hybridized carbons (Fsp3) is 0.444. The van der Waals surface area contributed by atoms with Gasteiger partial charge in [0.05, 0.1) is 10.9 Å². The first-order valence-corrected chi connectivity index (χ1v) is 7.85. The van der Waals surface area contributed by atoms with Crippen molar-refractivity contribution in [2.24, 2.45) is 5.73 Å². The number of amides is 1. The molecule has 0 spiro atoms. The molecule has 0 saturated heterocycles. The molecular formula is C9H14ClN3O3S2. The van der Waals surface area contributed by atoms with Crippen molar-refractivity contribution in [3.8, 4) is 0 Å². The minimum Gasteiger partial charge on any atom is -0.355 e. The van der Waals surface area contributed by atoms with E-state index in [1.165, 1.54) is 12.1 Å². The van der Waals surface area contributed by atoms with Crippen LogP contribution in [-0.4, -0.2) is 34.0 Å². The first kappa shape index (κ1) is 15.4. The van der Waals surface area contributed by atoms with Gasteiger partial charge >= 0.3 is 0 Å². The van der Waals surface area contributed by atoms with Crippen LogP contribution in [0.3, 0.4) is 0 Å². The van der Waals surface area contributed by atoms with Crippen LogP contribution in [0.25, 0.3) is 0 Å². The lowest BCUT2D eigenvalue weighted by atomic mass is 10.4. The predicted octanol–water partition coefficient (Wildman–Crippen LogP) is 0.145. The van der Waals surface area contributed by atoms with Crippen LogP contribution in [0, 0.1) is 0 Å². The average Bonchev–Trinajstić information content (AvgIpc) is 2.75. The van der Waals surface area contributed by atoms with Crippen molar-refractivity contribution in [2.45, 2.75) is 10.6 Å². The second-order valence-electron chi connectivity index (χ2n) is 3.38. The third-order valence-corrected chi connectivity index (χ3v) is 5.06. The lowest BCUT2D eigenvalue weighted by molar-refractivity contribution is -0.119. The Morgan fingerprint density at radius 3 is 2.72 bits per heavy atom. The smallest absolute Gasteiger partial charge is 0.250 e.